The molecule has 2 fully saturated rings. The van der Waals surface area contributed by atoms with E-state index in [-0.39, 0.29) is 30.0 Å². The number of allylic oxidation sites excluding steroid dienone is 7. The zero-order chi connectivity index (χ0) is 36.2. The van der Waals surface area contributed by atoms with E-state index in [4.69, 9.17) is 9.47 Å². The smallest absolute Gasteiger partial charge is 0.305 e. The Morgan fingerprint density at radius 1 is 1.00 bits per heavy atom. The highest BCUT2D eigenvalue weighted by Crippen LogP contribution is 2.60. The van der Waals surface area contributed by atoms with Crippen LogP contribution in [0.2, 0.25) is 0 Å². The van der Waals surface area contributed by atoms with Gasteiger partial charge in [-0.15, -0.1) is 0 Å². The summed E-state index contributed by atoms with van der Waals surface area (Å²) in [5, 5.41) is 23.6. The number of unbranched alkanes of at least 4 members (excludes halogenated alkanes) is 8. The van der Waals surface area contributed by atoms with Gasteiger partial charge in [-0.3, -0.25) is 9.59 Å². The molecule has 0 bridgehead atoms. The van der Waals surface area contributed by atoms with Crippen molar-refractivity contribution in [1.82, 2.24) is 0 Å². The summed E-state index contributed by atoms with van der Waals surface area (Å²) < 4.78 is 11.9. The van der Waals surface area contributed by atoms with E-state index in [9.17, 15) is 19.8 Å². The average molecular weight is 683 g/mol. The second-order valence-electron chi connectivity index (χ2n) is 16.5. The molecule has 0 aromatic rings. The number of ether oxygens (including phenoxy) is 2. The lowest BCUT2D eigenvalue weighted by Crippen LogP contribution is -2.58. The minimum Gasteiger partial charge on any atom is -0.466 e. The van der Waals surface area contributed by atoms with Crippen LogP contribution in [0.15, 0.2) is 46.1 Å². The Balaban J connectivity index is 1.66. The van der Waals surface area contributed by atoms with Crippen LogP contribution in [0, 0.1) is 22.7 Å². The molecule has 0 unspecified atom stereocenters. The highest BCUT2D eigenvalue weighted by atomic mass is 16.6. The Labute approximate surface area is 298 Å². The van der Waals surface area contributed by atoms with Gasteiger partial charge in [0.2, 0.25) is 0 Å². The number of aliphatic hydroxyl groups is 2. The average Bonchev–Trinajstić information content (AvgIpc) is 3.38. The van der Waals surface area contributed by atoms with Crippen LogP contribution in [0.5, 0.6) is 0 Å². The first-order valence-electron chi connectivity index (χ1n) is 19.6. The lowest BCUT2D eigenvalue weighted by molar-refractivity contribution is -0.219. The largest absolute Gasteiger partial charge is 0.466 e. The molecule has 2 N–H and O–H groups in total. The zero-order valence-corrected chi connectivity index (χ0v) is 32.4. The number of aldehydes is 1. The fourth-order valence-corrected chi connectivity index (χ4v) is 8.91. The van der Waals surface area contributed by atoms with Crippen LogP contribution in [-0.2, 0) is 19.1 Å². The molecule has 0 aromatic carbocycles. The molecule has 6 atom stereocenters. The molecular formula is C43H70O6. The first kappa shape index (κ1) is 41.4. The number of hydrogen-bond acceptors (Lipinski definition) is 6. The topological polar surface area (TPSA) is 93.1 Å². The molecular weight excluding hydrogens is 612 g/mol. The van der Waals surface area contributed by atoms with Gasteiger partial charge in [0.1, 0.15) is 6.29 Å². The van der Waals surface area contributed by atoms with Crippen molar-refractivity contribution >= 4 is 12.3 Å². The number of aliphatic hydroxyl groups excluding tert-OH is 1. The summed E-state index contributed by atoms with van der Waals surface area (Å²) in [7, 11) is 0. The molecule has 3 rings (SSSR count). The van der Waals surface area contributed by atoms with Gasteiger partial charge in [0, 0.05) is 6.42 Å². The summed E-state index contributed by atoms with van der Waals surface area (Å²) in [4.78, 5) is 24.5. The van der Waals surface area contributed by atoms with Crippen molar-refractivity contribution in [2.45, 2.75) is 183 Å². The SMILES string of the molecule is CCCCCCCCCCCC(=O)OCCC[C@@H]1/C(=C(/C)C=O)CC[C@](C)(O)[C@@]12C[C@H](/C=C(C)/C=C/C1=C(C)CC[C@H](C)C1(C)C)O[C@H]2O. The summed E-state index contributed by atoms with van der Waals surface area (Å²) in [5.41, 5.74) is 3.43. The van der Waals surface area contributed by atoms with E-state index in [2.05, 4.69) is 59.8 Å². The first-order valence-corrected chi connectivity index (χ1v) is 19.6. The Morgan fingerprint density at radius 3 is 2.31 bits per heavy atom. The van der Waals surface area contributed by atoms with Crippen molar-refractivity contribution < 1.29 is 29.3 Å². The molecule has 1 aliphatic heterocycles. The third-order valence-corrected chi connectivity index (χ3v) is 12.6. The van der Waals surface area contributed by atoms with Gasteiger partial charge in [-0.05, 0) is 107 Å². The molecule has 1 saturated heterocycles. The number of esters is 1. The van der Waals surface area contributed by atoms with Crippen molar-refractivity contribution in [2.24, 2.45) is 22.7 Å². The fraction of sp³-hybridized carbons (Fsp3) is 0.767. The van der Waals surface area contributed by atoms with Gasteiger partial charge < -0.3 is 19.7 Å². The van der Waals surface area contributed by atoms with E-state index in [1.54, 1.807) is 0 Å². The predicted octanol–water partition coefficient (Wildman–Crippen LogP) is 10.3. The number of hydrogen-bond donors (Lipinski definition) is 2. The highest BCUT2D eigenvalue weighted by molar-refractivity contribution is 5.74. The summed E-state index contributed by atoms with van der Waals surface area (Å²) >= 11 is 0. The van der Waals surface area contributed by atoms with Crippen molar-refractivity contribution in [3.05, 3.63) is 46.1 Å². The van der Waals surface area contributed by atoms with E-state index in [0.29, 0.717) is 50.0 Å². The highest BCUT2D eigenvalue weighted by Gasteiger charge is 2.64. The molecule has 2 aliphatic carbocycles. The summed E-state index contributed by atoms with van der Waals surface area (Å²) in [6.45, 7) is 17.5. The quantitative estimate of drug-likeness (QED) is 0.0491. The van der Waals surface area contributed by atoms with Gasteiger partial charge in [0.05, 0.1) is 23.7 Å². The second kappa shape index (κ2) is 19.0. The summed E-state index contributed by atoms with van der Waals surface area (Å²) in [6.07, 6.45) is 22.0. The predicted molar refractivity (Wildman–Crippen MR) is 200 cm³/mol. The number of carbonyl (C=O) groups is 2. The summed E-state index contributed by atoms with van der Waals surface area (Å²) in [6, 6.07) is 0. The molecule has 49 heavy (non-hydrogen) atoms. The monoisotopic (exact) mass is 683 g/mol. The van der Waals surface area contributed by atoms with Gasteiger partial charge in [-0.25, -0.2) is 0 Å². The molecule has 1 spiro atoms. The Morgan fingerprint density at radius 2 is 1.65 bits per heavy atom. The maximum atomic E-state index is 12.5. The van der Waals surface area contributed by atoms with Crippen LogP contribution >= 0.6 is 0 Å². The van der Waals surface area contributed by atoms with Crippen molar-refractivity contribution in [3.63, 3.8) is 0 Å². The fourth-order valence-electron chi connectivity index (χ4n) is 8.91. The Hall–Kier alpha value is -2.02. The van der Waals surface area contributed by atoms with Crippen molar-refractivity contribution in [1.29, 1.82) is 0 Å². The summed E-state index contributed by atoms with van der Waals surface area (Å²) in [5.74, 6) is 0.168. The van der Waals surface area contributed by atoms with E-state index >= 15 is 0 Å². The van der Waals surface area contributed by atoms with Crippen LogP contribution in [0.1, 0.15) is 165 Å². The van der Waals surface area contributed by atoms with Crippen molar-refractivity contribution in [3.8, 4) is 0 Å². The lowest BCUT2D eigenvalue weighted by Gasteiger charge is -2.54. The number of rotatable bonds is 18. The van der Waals surface area contributed by atoms with Crippen molar-refractivity contribution in [2.75, 3.05) is 6.61 Å². The number of carbonyl (C=O) groups excluding carboxylic acids is 2. The molecule has 6 heteroatoms. The molecule has 0 radical (unpaired) electrons. The van der Waals surface area contributed by atoms with Gasteiger partial charge in [0.15, 0.2) is 6.29 Å². The van der Waals surface area contributed by atoms with Gasteiger partial charge >= 0.3 is 5.97 Å². The second-order valence-corrected chi connectivity index (χ2v) is 16.5. The molecule has 3 aliphatic rings. The van der Waals surface area contributed by atoms with Crippen LogP contribution < -0.4 is 0 Å². The van der Waals surface area contributed by atoms with E-state index in [0.717, 1.165) is 36.7 Å². The minimum atomic E-state index is -1.20. The van der Waals surface area contributed by atoms with E-state index in [1.165, 1.54) is 62.5 Å². The molecule has 1 heterocycles. The third kappa shape index (κ3) is 10.5. The molecule has 1 saturated carbocycles. The molecule has 0 aromatic heterocycles. The van der Waals surface area contributed by atoms with Crippen LogP contribution in [-0.4, -0.2) is 47.1 Å². The standard InChI is InChI=1S/C43H70O6/c1-9-10-11-12-13-14-15-16-17-20-39(45)48-27-18-19-38-36(33(4)30-44)25-26-42(8,47)43(38)29-35(49-40(43)46)28-31(2)21-24-37-32(3)22-23-34(5)41(37,6)7/h21,24,28,30,34-35,38,40,46-47H,9-20,22-23,25-27,29H2,1-8H3/b24-21+,31-28+,36-33-/t34-,35-,38+,40+,42-,43-/m0/s1. The first-order chi connectivity index (χ1) is 23.2. The van der Waals surface area contributed by atoms with E-state index in [1.807, 2.05) is 13.8 Å². The Kier molecular flexibility index (Phi) is 16.1. The maximum absolute atomic E-state index is 12.5. The lowest BCUT2D eigenvalue weighted by atomic mass is 9.53. The molecule has 6 nitrogen and oxygen atoms in total. The van der Waals surface area contributed by atoms with Crippen LogP contribution in [0.4, 0.5) is 0 Å². The zero-order valence-electron chi connectivity index (χ0n) is 32.4. The molecule has 0 amide bonds. The van der Waals surface area contributed by atoms with Gasteiger partial charge in [0.25, 0.3) is 0 Å². The van der Waals surface area contributed by atoms with Gasteiger partial charge in [-0.1, -0.05) is 114 Å². The third-order valence-electron chi connectivity index (χ3n) is 12.6. The van der Waals surface area contributed by atoms with E-state index < -0.39 is 17.3 Å². The van der Waals surface area contributed by atoms with Crippen LogP contribution in [0.3, 0.4) is 0 Å². The maximum Gasteiger partial charge on any atom is 0.305 e. The minimum absolute atomic E-state index is 0.109. The Bertz CT molecular complexity index is 1220. The van der Waals surface area contributed by atoms with Gasteiger partial charge in [-0.2, -0.15) is 0 Å². The molecule has 278 valence electrons. The normalized spacial score (nSPS) is 31.5. The van der Waals surface area contributed by atoms with Crippen LogP contribution in [0.25, 0.3) is 0 Å².